The second-order valence-electron chi connectivity index (χ2n) is 7.67. The number of nitrogen functional groups attached to an aromatic ring is 1. The first kappa shape index (κ1) is 26.4. The third-order valence-electron chi connectivity index (χ3n) is 5.25. The largest absolute Gasteiger partial charge is 0.481 e. The van der Waals surface area contributed by atoms with Crippen LogP contribution in [0.2, 0.25) is 0 Å². The maximum absolute atomic E-state index is 12.1. The average molecular weight is 543 g/mol. The summed E-state index contributed by atoms with van der Waals surface area (Å²) in [6, 6.07) is 0. The zero-order chi connectivity index (χ0) is 25.5. The van der Waals surface area contributed by atoms with E-state index in [4.69, 9.17) is 15.2 Å². The minimum Gasteiger partial charge on any atom is -0.390 e. The summed E-state index contributed by atoms with van der Waals surface area (Å²) in [5, 5.41) is 38.6. The van der Waals surface area contributed by atoms with Gasteiger partial charge >= 0.3 is 15.6 Å². The first-order chi connectivity index (χ1) is 16.4. The van der Waals surface area contributed by atoms with Crippen LogP contribution >= 0.6 is 15.6 Å². The Balaban J connectivity index is 1.30. The van der Waals surface area contributed by atoms with Crippen molar-refractivity contribution in [3.05, 3.63) is 12.7 Å². The third kappa shape index (κ3) is 5.86. The van der Waals surface area contributed by atoms with Crippen molar-refractivity contribution in [3.8, 4) is 0 Å². The van der Waals surface area contributed by atoms with Gasteiger partial charge in [-0.2, -0.15) is 4.31 Å². The van der Waals surface area contributed by atoms with Crippen LogP contribution in [-0.2, 0) is 32.0 Å². The lowest BCUT2D eigenvalue weighted by Gasteiger charge is -2.20. The van der Waals surface area contributed by atoms with Gasteiger partial charge in [0.1, 0.15) is 42.5 Å². The molecule has 4 rings (SSSR count). The highest BCUT2D eigenvalue weighted by atomic mass is 31.3. The molecule has 0 aliphatic carbocycles. The summed E-state index contributed by atoms with van der Waals surface area (Å²) in [4.78, 5) is 31.5. The predicted octanol–water partition coefficient (Wildman–Crippen LogP) is -2.25. The van der Waals surface area contributed by atoms with Gasteiger partial charge in [-0.05, 0) is 0 Å². The van der Waals surface area contributed by atoms with E-state index >= 15 is 0 Å². The van der Waals surface area contributed by atoms with Crippen LogP contribution in [0.25, 0.3) is 11.2 Å². The van der Waals surface area contributed by atoms with Gasteiger partial charge in [0.15, 0.2) is 17.8 Å². The molecular formula is C15H23N5O13P2. The molecule has 8 N–H and O–H groups in total. The molecule has 0 radical (unpaired) electrons. The summed E-state index contributed by atoms with van der Waals surface area (Å²) < 4.78 is 49.3. The van der Waals surface area contributed by atoms with Crippen molar-refractivity contribution in [2.45, 2.75) is 49.5 Å². The quantitative estimate of drug-likeness (QED) is 0.164. The number of imidazole rings is 1. The number of hydrogen-bond donors (Lipinski definition) is 7. The van der Waals surface area contributed by atoms with E-state index in [1.54, 1.807) is 0 Å². The van der Waals surface area contributed by atoms with E-state index in [2.05, 4.69) is 28.3 Å². The van der Waals surface area contributed by atoms with Crippen LogP contribution in [-0.4, -0.2) is 99.8 Å². The van der Waals surface area contributed by atoms with E-state index in [9.17, 15) is 39.3 Å². The Morgan fingerprint density at radius 2 is 1.66 bits per heavy atom. The molecule has 0 aromatic carbocycles. The normalized spacial score (nSPS) is 34.7. The molecule has 2 aliphatic rings. The molecule has 0 spiro atoms. The highest BCUT2D eigenvalue weighted by molar-refractivity contribution is 7.61. The third-order valence-corrected chi connectivity index (χ3v) is 7.85. The molecule has 20 heteroatoms. The zero-order valence-corrected chi connectivity index (χ0v) is 19.4. The minimum absolute atomic E-state index is 0.0308. The van der Waals surface area contributed by atoms with Crippen LogP contribution in [0.1, 0.15) is 12.6 Å². The molecule has 2 aromatic heterocycles. The summed E-state index contributed by atoms with van der Waals surface area (Å²) in [6.45, 7) is -1.58. The number of phosphoric acid groups is 2. The highest BCUT2D eigenvalue weighted by Gasteiger charge is 2.45. The lowest BCUT2D eigenvalue weighted by molar-refractivity contribution is -0.132. The number of aliphatic hydroxyl groups is 4. The van der Waals surface area contributed by atoms with Crippen LogP contribution in [0.3, 0.4) is 0 Å². The maximum Gasteiger partial charge on any atom is 0.481 e. The Morgan fingerprint density at radius 3 is 2.29 bits per heavy atom. The minimum atomic E-state index is -5.23. The maximum atomic E-state index is 12.1. The van der Waals surface area contributed by atoms with Crippen molar-refractivity contribution in [1.29, 1.82) is 0 Å². The highest BCUT2D eigenvalue weighted by Crippen LogP contribution is 2.60. The number of fused-ring (bicyclic) bond motifs is 1. The van der Waals surface area contributed by atoms with E-state index < -0.39 is 71.9 Å². The number of hydrogen-bond acceptors (Lipinski definition) is 15. The van der Waals surface area contributed by atoms with Crippen LogP contribution in [0, 0.1) is 0 Å². The predicted molar refractivity (Wildman–Crippen MR) is 110 cm³/mol. The summed E-state index contributed by atoms with van der Waals surface area (Å²) in [6.07, 6.45) is -6.95. The molecule has 2 fully saturated rings. The molecule has 0 saturated carbocycles. The standard InChI is InChI=1S/C15H23N5O13P2/c16-13-10-14(18-4-17-13)20(5-19-10)9-1-6(21)7(31-9)2-29-34(25,26)33-35(27,28)30-3-8-11(22)12(23)15(24)32-8/h4-9,11-12,15,21-24H,1-3H2,(H,25,26)(H,27,28)(H2,16,17,18)/t6-,7+,8+,9-,11+,12+,15-/m0/s1. The van der Waals surface area contributed by atoms with Crippen LogP contribution in [0.15, 0.2) is 12.7 Å². The molecule has 0 amide bonds. The molecule has 2 saturated heterocycles. The fourth-order valence-electron chi connectivity index (χ4n) is 3.50. The van der Waals surface area contributed by atoms with Gasteiger partial charge < -0.3 is 45.4 Å². The van der Waals surface area contributed by atoms with Gasteiger partial charge in [-0.25, -0.2) is 24.1 Å². The fraction of sp³-hybridized carbons (Fsp3) is 0.667. The van der Waals surface area contributed by atoms with E-state index in [1.807, 2.05) is 0 Å². The summed E-state index contributed by atoms with van der Waals surface area (Å²) in [7, 11) is -10.4. The van der Waals surface area contributed by atoms with Crippen LogP contribution in [0.5, 0.6) is 0 Å². The van der Waals surface area contributed by atoms with E-state index in [-0.39, 0.29) is 12.2 Å². The van der Waals surface area contributed by atoms with Gasteiger partial charge in [0.05, 0.1) is 25.6 Å². The van der Waals surface area contributed by atoms with Gasteiger partial charge in [-0.1, -0.05) is 0 Å². The molecular weight excluding hydrogens is 520 g/mol. The van der Waals surface area contributed by atoms with Crippen molar-refractivity contribution in [2.75, 3.05) is 18.9 Å². The first-order valence-electron chi connectivity index (χ1n) is 9.99. The number of anilines is 1. The summed E-state index contributed by atoms with van der Waals surface area (Å²) >= 11 is 0. The molecule has 196 valence electrons. The topological polar surface area (TPSA) is 271 Å². The average Bonchev–Trinajstić information content (AvgIpc) is 3.43. The van der Waals surface area contributed by atoms with E-state index in [1.165, 1.54) is 17.2 Å². The smallest absolute Gasteiger partial charge is 0.390 e. The molecule has 2 aromatic rings. The number of aliphatic hydroxyl groups excluding tert-OH is 4. The number of ether oxygens (including phenoxy) is 2. The molecule has 35 heavy (non-hydrogen) atoms. The van der Waals surface area contributed by atoms with Crippen LogP contribution < -0.4 is 5.73 Å². The van der Waals surface area contributed by atoms with Gasteiger partial charge in [0.2, 0.25) is 0 Å². The van der Waals surface area contributed by atoms with Crippen LogP contribution in [0.4, 0.5) is 5.82 Å². The van der Waals surface area contributed by atoms with Gasteiger partial charge in [0.25, 0.3) is 0 Å². The Morgan fingerprint density at radius 1 is 1.00 bits per heavy atom. The van der Waals surface area contributed by atoms with Crippen molar-refractivity contribution >= 4 is 32.6 Å². The molecule has 2 aliphatic heterocycles. The van der Waals surface area contributed by atoms with Gasteiger partial charge in [0, 0.05) is 6.42 Å². The molecule has 9 atom stereocenters. The second-order valence-corrected chi connectivity index (χ2v) is 10.7. The van der Waals surface area contributed by atoms with Crippen molar-refractivity contribution < 1.29 is 62.2 Å². The van der Waals surface area contributed by atoms with Gasteiger partial charge in [-0.15, -0.1) is 0 Å². The van der Waals surface area contributed by atoms with E-state index in [0.29, 0.717) is 11.2 Å². The molecule has 2 unspecified atom stereocenters. The number of nitrogens with zero attached hydrogens (tertiary/aromatic N) is 4. The monoisotopic (exact) mass is 543 g/mol. The fourth-order valence-corrected chi connectivity index (χ4v) is 5.59. The number of aromatic nitrogens is 4. The Kier molecular flexibility index (Phi) is 7.57. The van der Waals surface area contributed by atoms with Gasteiger partial charge in [-0.3, -0.25) is 13.6 Å². The molecule has 18 nitrogen and oxygen atoms in total. The summed E-state index contributed by atoms with van der Waals surface area (Å²) in [5.41, 5.74) is 6.39. The number of nitrogens with two attached hydrogens (primary N) is 1. The zero-order valence-electron chi connectivity index (χ0n) is 17.6. The molecule has 4 heterocycles. The first-order valence-corrected chi connectivity index (χ1v) is 13.0. The van der Waals surface area contributed by atoms with Crippen molar-refractivity contribution in [1.82, 2.24) is 19.5 Å². The molecule has 0 bridgehead atoms. The SMILES string of the molecule is Nc1ncnc2c1ncn2[C@@H]1C[C@H](O)[C@@H](COP(=O)(O)OP(=O)(O)OC[C@H]2O[C@H](O)[C@H](O)[C@@H]2O)O1. The number of phosphoric ester groups is 2. The Labute approximate surface area is 196 Å². The lowest BCUT2D eigenvalue weighted by atomic mass is 10.1. The number of rotatable bonds is 9. The van der Waals surface area contributed by atoms with Crippen molar-refractivity contribution in [2.24, 2.45) is 0 Å². The Bertz CT molecular complexity index is 1150. The second kappa shape index (κ2) is 10.0. The van der Waals surface area contributed by atoms with E-state index in [0.717, 1.165) is 0 Å². The lowest BCUT2D eigenvalue weighted by Crippen LogP contribution is -2.34. The summed E-state index contributed by atoms with van der Waals surface area (Å²) in [5.74, 6) is 0.141. The van der Waals surface area contributed by atoms with Crippen molar-refractivity contribution in [3.63, 3.8) is 0 Å². The Hall–Kier alpha value is -1.63.